The van der Waals surface area contributed by atoms with E-state index in [4.69, 9.17) is 5.73 Å². The van der Waals surface area contributed by atoms with Crippen molar-refractivity contribution in [2.75, 3.05) is 18.8 Å². The van der Waals surface area contributed by atoms with Gasteiger partial charge in [0.2, 0.25) is 0 Å². The first kappa shape index (κ1) is 17.9. The highest BCUT2D eigenvalue weighted by Crippen LogP contribution is 2.35. The van der Waals surface area contributed by atoms with Crippen molar-refractivity contribution in [2.24, 2.45) is 5.92 Å². The van der Waals surface area contributed by atoms with Crippen molar-refractivity contribution >= 4 is 11.6 Å². The number of Topliss-reactive ketones (excluding diaryl/α,β-unsaturated/α-hetero) is 1. The Morgan fingerprint density at radius 1 is 1.20 bits per heavy atom. The van der Waals surface area contributed by atoms with Crippen molar-refractivity contribution in [3.05, 3.63) is 26.4 Å². The average Bonchev–Trinajstić information content (AvgIpc) is 2.59. The van der Waals surface area contributed by atoms with Crippen molar-refractivity contribution in [3.63, 3.8) is 0 Å². The van der Waals surface area contributed by atoms with Crippen LogP contribution in [0.25, 0.3) is 0 Å². The third-order valence-electron chi connectivity index (χ3n) is 5.67. The summed E-state index contributed by atoms with van der Waals surface area (Å²) in [6.45, 7) is 3.39. The minimum absolute atomic E-state index is 0.00203. The van der Waals surface area contributed by atoms with Crippen molar-refractivity contribution in [2.45, 2.75) is 64.5 Å². The van der Waals surface area contributed by atoms with Crippen molar-refractivity contribution < 1.29 is 4.79 Å². The molecule has 7 nitrogen and oxygen atoms in total. The van der Waals surface area contributed by atoms with Gasteiger partial charge in [-0.1, -0.05) is 19.8 Å². The third kappa shape index (κ3) is 3.56. The molecular formula is C18H28N4O3. The van der Waals surface area contributed by atoms with Crippen LogP contribution < -0.4 is 17.0 Å². The first-order valence-electron chi connectivity index (χ1n) is 9.42. The second-order valence-electron chi connectivity index (χ2n) is 7.32. The van der Waals surface area contributed by atoms with E-state index in [2.05, 4.69) is 9.88 Å². The number of piperidine rings is 1. The number of fused-ring (bicyclic) bond motifs is 1. The lowest BCUT2D eigenvalue weighted by atomic mass is 9.78. The summed E-state index contributed by atoms with van der Waals surface area (Å²) >= 11 is 0. The predicted octanol–water partition coefficient (Wildman–Crippen LogP) is 1.37. The maximum atomic E-state index is 12.8. The zero-order valence-electron chi connectivity index (χ0n) is 14.9. The number of aromatic amines is 1. The number of nitrogens with two attached hydrogens (primary N) is 1. The maximum absolute atomic E-state index is 12.8. The largest absolute Gasteiger partial charge is 0.384 e. The lowest BCUT2D eigenvalue weighted by Crippen LogP contribution is -2.49. The van der Waals surface area contributed by atoms with E-state index in [1.165, 1.54) is 30.3 Å². The van der Waals surface area contributed by atoms with Gasteiger partial charge in [-0.25, -0.2) is 4.79 Å². The molecule has 2 aliphatic rings. The molecule has 7 heteroatoms. The lowest BCUT2D eigenvalue weighted by molar-refractivity contribution is 0.0538. The Morgan fingerprint density at radius 3 is 2.68 bits per heavy atom. The standard InChI is InChI=1S/C18H28N4O3/c1-2-9-22-16(19)15(17(24)20-18(22)25)14(23)11-21-10-5-7-12-6-3-4-8-13(12)21/h12-13H,2-11,19H2,1H3,(H,20,24,25)/t12-,13+/m0/s1. The Balaban J connectivity index is 1.84. The molecule has 3 N–H and O–H groups in total. The molecule has 1 aromatic heterocycles. The number of H-pyrrole nitrogens is 1. The van der Waals surface area contributed by atoms with Gasteiger partial charge >= 0.3 is 5.69 Å². The zero-order valence-corrected chi connectivity index (χ0v) is 14.9. The molecule has 0 radical (unpaired) electrons. The highest BCUT2D eigenvalue weighted by molar-refractivity contribution is 6.01. The number of carbonyl (C=O) groups excluding carboxylic acids is 1. The number of nitrogens with zero attached hydrogens (tertiary/aromatic N) is 2. The van der Waals surface area contributed by atoms with Gasteiger partial charge < -0.3 is 5.73 Å². The molecular weight excluding hydrogens is 320 g/mol. The van der Waals surface area contributed by atoms with Crippen LogP contribution in [0.3, 0.4) is 0 Å². The zero-order chi connectivity index (χ0) is 18.0. The minimum Gasteiger partial charge on any atom is -0.384 e. The Kier molecular flexibility index (Phi) is 5.42. The van der Waals surface area contributed by atoms with E-state index in [0.29, 0.717) is 24.9 Å². The topological polar surface area (TPSA) is 101 Å². The molecule has 1 saturated heterocycles. The van der Waals surface area contributed by atoms with Gasteiger partial charge in [0.15, 0.2) is 5.78 Å². The summed E-state index contributed by atoms with van der Waals surface area (Å²) < 4.78 is 1.29. The molecule has 0 amide bonds. The Hall–Kier alpha value is -1.89. The van der Waals surface area contributed by atoms with E-state index < -0.39 is 11.2 Å². The van der Waals surface area contributed by atoms with Gasteiger partial charge in [0.25, 0.3) is 5.56 Å². The number of carbonyl (C=O) groups is 1. The molecule has 0 unspecified atom stereocenters. The van der Waals surface area contributed by atoms with Crippen molar-refractivity contribution in [1.82, 2.24) is 14.5 Å². The third-order valence-corrected chi connectivity index (χ3v) is 5.67. The highest BCUT2D eigenvalue weighted by Gasteiger charge is 2.34. The van der Waals surface area contributed by atoms with Gasteiger partial charge in [-0.3, -0.25) is 24.0 Å². The summed E-state index contributed by atoms with van der Waals surface area (Å²) in [6, 6.07) is 0.438. The number of anilines is 1. The number of hydrogen-bond acceptors (Lipinski definition) is 5. The average molecular weight is 348 g/mol. The van der Waals surface area contributed by atoms with Gasteiger partial charge in [-0.05, 0) is 44.6 Å². The van der Waals surface area contributed by atoms with Crippen molar-refractivity contribution in [3.8, 4) is 0 Å². The second kappa shape index (κ2) is 7.56. The summed E-state index contributed by atoms with van der Waals surface area (Å²) in [4.78, 5) is 41.4. The van der Waals surface area contributed by atoms with Gasteiger partial charge in [0, 0.05) is 12.6 Å². The lowest BCUT2D eigenvalue weighted by Gasteiger charge is -2.43. The number of rotatable bonds is 5. The van der Waals surface area contributed by atoms with Gasteiger partial charge in [0.05, 0.1) is 6.54 Å². The van der Waals surface area contributed by atoms with Crippen LogP contribution in [0, 0.1) is 5.92 Å². The Bertz CT molecular complexity index is 750. The van der Waals surface area contributed by atoms with E-state index in [1.54, 1.807) is 0 Å². The molecule has 0 spiro atoms. The fourth-order valence-corrected chi connectivity index (χ4v) is 4.49. The number of likely N-dealkylation sites (tertiary alicyclic amines) is 1. The van der Waals surface area contributed by atoms with E-state index in [9.17, 15) is 14.4 Å². The smallest absolute Gasteiger partial charge is 0.329 e. The summed E-state index contributed by atoms with van der Waals surface area (Å²) in [7, 11) is 0. The SMILES string of the molecule is CCCn1c(N)c(C(=O)CN2CCC[C@@H]3CCCC[C@H]32)c(=O)[nH]c1=O. The number of hydrogen-bond donors (Lipinski definition) is 2. The second-order valence-corrected chi connectivity index (χ2v) is 7.32. The molecule has 1 saturated carbocycles. The number of ketones is 1. The monoisotopic (exact) mass is 348 g/mol. The molecule has 3 rings (SSSR count). The molecule has 2 fully saturated rings. The van der Waals surface area contributed by atoms with Crippen molar-refractivity contribution in [1.29, 1.82) is 0 Å². The number of aromatic nitrogens is 2. The normalized spacial score (nSPS) is 24.0. The van der Waals surface area contributed by atoms with Crippen LogP contribution in [0.1, 0.15) is 62.2 Å². The summed E-state index contributed by atoms with van der Waals surface area (Å²) in [5.74, 6) is 0.382. The van der Waals surface area contributed by atoms with Gasteiger partial charge in [-0.15, -0.1) is 0 Å². The Labute approximate surface area is 147 Å². The quantitative estimate of drug-likeness (QED) is 0.783. The molecule has 1 aromatic rings. The molecule has 2 heterocycles. The van der Waals surface area contributed by atoms with E-state index in [0.717, 1.165) is 19.4 Å². The molecule has 138 valence electrons. The molecule has 0 aromatic carbocycles. The van der Waals surface area contributed by atoms with Crippen LogP contribution in [-0.2, 0) is 6.54 Å². The van der Waals surface area contributed by atoms with Gasteiger partial charge in [0.1, 0.15) is 11.4 Å². The van der Waals surface area contributed by atoms with Gasteiger partial charge in [-0.2, -0.15) is 0 Å². The van der Waals surface area contributed by atoms with Crippen LogP contribution in [0.2, 0.25) is 0 Å². The minimum atomic E-state index is -0.669. The first-order valence-corrected chi connectivity index (χ1v) is 9.42. The summed E-state index contributed by atoms with van der Waals surface area (Å²) in [6.07, 6.45) is 7.86. The molecule has 0 bridgehead atoms. The fraction of sp³-hybridized carbons (Fsp3) is 0.722. The first-order chi connectivity index (χ1) is 12.0. The molecule has 1 aliphatic heterocycles. The summed E-state index contributed by atoms with van der Waals surface area (Å²) in [5, 5.41) is 0. The van der Waals surface area contributed by atoms with Crippen LogP contribution in [0.5, 0.6) is 0 Å². The molecule has 25 heavy (non-hydrogen) atoms. The van der Waals surface area contributed by atoms with Crippen LogP contribution in [-0.4, -0.2) is 39.4 Å². The van der Waals surface area contributed by atoms with E-state index in [1.807, 2.05) is 6.92 Å². The predicted molar refractivity (Wildman–Crippen MR) is 96.9 cm³/mol. The van der Waals surface area contributed by atoms with Crippen LogP contribution >= 0.6 is 0 Å². The van der Waals surface area contributed by atoms with E-state index in [-0.39, 0.29) is 23.7 Å². The van der Waals surface area contributed by atoms with E-state index >= 15 is 0 Å². The molecule has 1 aliphatic carbocycles. The molecule has 2 atom stereocenters. The summed E-state index contributed by atoms with van der Waals surface area (Å²) in [5.41, 5.74) is 4.73. The Morgan fingerprint density at radius 2 is 1.92 bits per heavy atom. The number of nitrogen functional groups attached to an aromatic ring is 1. The fourth-order valence-electron chi connectivity index (χ4n) is 4.49. The van der Waals surface area contributed by atoms with Crippen LogP contribution in [0.15, 0.2) is 9.59 Å². The number of nitrogens with one attached hydrogen (secondary N) is 1. The highest BCUT2D eigenvalue weighted by atomic mass is 16.2. The maximum Gasteiger partial charge on any atom is 0.329 e. The van der Waals surface area contributed by atoms with Crippen LogP contribution in [0.4, 0.5) is 5.82 Å².